The first-order valence-corrected chi connectivity index (χ1v) is 12.3. The standard InChI is InChI=1S/C25H27ClN2O5S/c1-16-7-6-8-21(17(16)2)27-34(30,31)24-14-19(10-11-20(24)26)25(29)28(3)15-18-9-12-22(32-4)23(13-18)33-5/h6-14,27H,15H2,1-5H3. The third kappa shape index (κ3) is 5.46. The number of amides is 1. The summed E-state index contributed by atoms with van der Waals surface area (Å²) in [6, 6.07) is 14.9. The highest BCUT2D eigenvalue weighted by molar-refractivity contribution is 7.92. The monoisotopic (exact) mass is 502 g/mol. The van der Waals surface area contributed by atoms with Crippen molar-refractivity contribution in [2.45, 2.75) is 25.3 Å². The van der Waals surface area contributed by atoms with E-state index in [2.05, 4.69) is 4.72 Å². The van der Waals surface area contributed by atoms with E-state index in [4.69, 9.17) is 21.1 Å². The van der Waals surface area contributed by atoms with Gasteiger partial charge in [0.05, 0.1) is 24.9 Å². The van der Waals surface area contributed by atoms with Crippen molar-refractivity contribution in [3.05, 3.63) is 81.9 Å². The van der Waals surface area contributed by atoms with Crippen molar-refractivity contribution in [2.75, 3.05) is 26.0 Å². The average molecular weight is 503 g/mol. The molecule has 34 heavy (non-hydrogen) atoms. The largest absolute Gasteiger partial charge is 0.493 e. The van der Waals surface area contributed by atoms with Gasteiger partial charge in [-0.1, -0.05) is 29.8 Å². The number of aryl methyl sites for hydroxylation is 1. The topological polar surface area (TPSA) is 84.9 Å². The normalized spacial score (nSPS) is 11.1. The maximum atomic E-state index is 13.1. The van der Waals surface area contributed by atoms with Crippen LogP contribution in [-0.2, 0) is 16.6 Å². The summed E-state index contributed by atoms with van der Waals surface area (Å²) < 4.78 is 39.4. The van der Waals surface area contributed by atoms with Crippen molar-refractivity contribution >= 4 is 33.2 Å². The Bertz CT molecular complexity index is 1320. The van der Waals surface area contributed by atoms with E-state index in [1.165, 1.54) is 23.1 Å². The van der Waals surface area contributed by atoms with Gasteiger partial charge in [-0.25, -0.2) is 8.42 Å². The number of sulfonamides is 1. The molecule has 0 saturated carbocycles. The molecule has 0 spiro atoms. The quantitative estimate of drug-likeness (QED) is 0.466. The molecule has 0 bridgehead atoms. The number of anilines is 1. The first kappa shape index (κ1) is 25.4. The summed E-state index contributed by atoms with van der Waals surface area (Å²) >= 11 is 6.22. The van der Waals surface area contributed by atoms with Crippen LogP contribution in [0.5, 0.6) is 11.5 Å². The Morgan fingerprint density at radius 1 is 1.00 bits per heavy atom. The van der Waals surface area contributed by atoms with Crippen LogP contribution in [0.15, 0.2) is 59.5 Å². The smallest absolute Gasteiger partial charge is 0.263 e. The first-order valence-electron chi connectivity index (χ1n) is 10.4. The van der Waals surface area contributed by atoms with Gasteiger partial charge >= 0.3 is 0 Å². The molecule has 0 aliphatic rings. The predicted octanol–water partition coefficient (Wildman–Crippen LogP) is 5.05. The average Bonchev–Trinajstić information content (AvgIpc) is 2.81. The lowest BCUT2D eigenvalue weighted by Gasteiger charge is -2.19. The number of hydrogen-bond donors (Lipinski definition) is 1. The summed E-state index contributed by atoms with van der Waals surface area (Å²) in [5.41, 5.74) is 3.25. The van der Waals surface area contributed by atoms with E-state index in [9.17, 15) is 13.2 Å². The Balaban J connectivity index is 1.86. The first-order chi connectivity index (χ1) is 16.1. The molecule has 0 aromatic heterocycles. The maximum Gasteiger partial charge on any atom is 0.263 e. The van der Waals surface area contributed by atoms with E-state index in [1.807, 2.05) is 26.0 Å². The van der Waals surface area contributed by atoms with Gasteiger partial charge < -0.3 is 14.4 Å². The summed E-state index contributed by atoms with van der Waals surface area (Å²) in [6.45, 7) is 4.01. The van der Waals surface area contributed by atoms with Crippen LogP contribution in [0.1, 0.15) is 27.0 Å². The maximum absolute atomic E-state index is 13.1. The number of halogens is 1. The minimum absolute atomic E-state index is 0.0249. The van der Waals surface area contributed by atoms with Crippen LogP contribution in [0.2, 0.25) is 5.02 Å². The highest BCUT2D eigenvalue weighted by Gasteiger charge is 2.22. The molecule has 1 N–H and O–H groups in total. The van der Waals surface area contributed by atoms with Crippen molar-refractivity contribution in [2.24, 2.45) is 0 Å². The zero-order valence-corrected chi connectivity index (χ0v) is 21.3. The fraction of sp³-hybridized carbons (Fsp3) is 0.240. The highest BCUT2D eigenvalue weighted by Crippen LogP contribution is 2.29. The molecule has 3 aromatic carbocycles. The van der Waals surface area contributed by atoms with Crippen molar-refractivity contribution < 1.29 is 22.7 Å². The van der Waals surface area contributed by atoms with Crippen molar-refractivity contribution in [3.63, 3.8) is 0 Å². The zero-order valence-electron chi connectivity index (χ0n) is 19.7. The second kappa shape index (κ2) is 10.4. The molecule has 0 unspecified atom stereocenters. The van der Waals surface area contributed by atoms with Gasteiger partial charge in [-0.15, -0.1) is 0 Å². The van der Waals surface area contributed by atoms with Gasteiger partial charge in [0.15, 0.2) is 11.5 Å². The molecule has 0 fully saturated rings. The number of hydrogen-bond acceptors (Lipinski definition) is 5. The van der Waals surface area contributed by atoms with Crippen LogP contribution >= 0.6 is 11.6 Å². The number of methoxy groups -OCH3 is 2. The van der Waals surface area contributed by atoms with Gasteiger partial charge in [-0.2, -0.15) is 0 Å². The Morgan fingerprint density at radius 3 is 2.38 bits per heavy atom. The molecule has 180 valence electrons. The Morgan fingerprint density at radius 2 is 1.71 bits per heavy atom. The minimum atomic E-state index is -4.02. The molecule has 0 heterocycles. The number of benzene rings is 3. The lowest BCUT2D eigenvalue weighted by Crippen LogP contribution is -2.26. The number of carbonyl (C=O) groups excluding carboxylic acids is 1. The zero-order chi connectivity index (χ0) is 25.0. The summed E-state index contributed by atoms with van der Waals surface area (Å²) in [5.74, 6) is 0.789. The molecule has 9 heteroatoms. The van der Waals surface area contributed by atoms with E-state index in [0.29, 0.717) is 17.2 Å². The third-order valence-electron chi connectivity index (χ3n) is 5.53. The Labute approximate surface area is 205 Å². The summed E-state index contributed by atoms with van der Waals surface area (Å²) in [5, 5.41) is 0.0249. The summed E-state index contributed by atoms with van der Waals surface area (Å²) in [7, 11) is 0.702. The summed E-state index contributed by atoms with van der Waals surface area (Å²) in [4.78, 5) is 14.4. The van der Waals surface area contributed by atoms with Crippen LogP contribution in [0.3, 0.4) is 0 Å². The highest BCUT2D eigenvalue weighted by atomic mass is 35.5. The fourth-order valence-electron chi connectivity index (χ4n) is 3.45. The van der Waals surface area contributed by atoms with Crippen LogP contribution in [0.4, 0.5) is 5.69 Å². The second-order valence-electron chi connectivity index (χ2n) is 7.85. The second-order valence-corrected chi connectivity index (χ2v) is 9.91. The van der Waals surface area contributed by atoms with Crippen molar-refractivity contribution in [3.8, 4) is 11.5 Å². The molecule has 3 aromatic rings. The molecular formula is C25H27ClN2O5S. The molecule has 3 rings (SSSR count). The molecule has 0 atom stereocenters. The van der Waals surface area contributed by atoms with Gasteiger partial charge in [0, 0.05) is 19.2 Å². The molecule has 0 aliphatic carbocycles. The van der Waals surface area contributed by atoms with Gasteiger partial charge in [0.2, 0.25) is 0 Å². The predicted molar refractivity (Wildman–Crippen MR) is 134 cm³/mol. The number of rotatable bonds is 8. The third-order valence-corrected chi connectivity index (χ3v) is 7.38. The Kier molecular flexibility index (Phi) is 7.74. The van der Waals surface area contributed by atoms with E-state index < -0.39 is 10.0 Å². The van der Waals surface area contributed by atoms with Crippen molar-refractivity contribution in [1.82, 2.24) is 4.90 Å². The van der Waals surface area contributed by atoms with Crippen molar-refractivity contribution in [1.29, 1.82) is 0 Å². The minimum Gasteiger partial charge on any atom is -0.493 e. The Hall–Kier alpha value is -3.23. The molecule has 0 aliphatic heterocycles. The van der Waals surface area contributed by atoms with Gasteiger partial charge in [0.1, 0.15) is 4.90 Å². The van der Waals surface area contributed by atoms with E-state index in [1.54, 1.807) is 45.5 Å². The number of carbonyl (C=O) groups is 1. The number of ether oxygens (including phenoxy) is 2. The lowest BCUT2D eigenvalue weighted by atomic mass is 10.1. The molecule has 1 amide bonds. The van der Waals surface area contributed by atoms with Crippen LogP contribution in [-0.4, -0.2) is 40.5 Å². The van der Waals surface area contributed by atoms with Gasteiger partial charge in [0.25, 0.3) is 15.9 Å². The molecule has 0 saturated heterocycles. The van der Waals surface area contributed by atoms with Crippen LogP contribution in [0.25, 0.3) is 0 Å². The van der Waals surface area contributed by atoms with Crippen LogP contribution in [0, 0.1) is 13.8 Å². The fourth-order valence-corrected chi connectivity index (χ4v) is 5.10. The lowest BCUT2D eigenvalue weighted by molar-refractivity contribution is 0.0784. The molecule has 0 radical (unpaired) electrons. The molecular weight excluding hydrogens is 476 g/mol. The van der Waals surface area contributed by atoms with Crippen LogP contribution < -0.4 is 14.2 Å². The van der Waals surface area contributed by atoms with E-state index in [-0.39, 0.29) is 27.9 Å². The van der Waals surface area contributed by atoms with Gasteiger partial charge in [-0.05, 0) is 66.9 Å². The number of nitrogens with zero attached hydrogens (tertiary/aromatic N) is 1. The van der Waals surface area contributed by atoms with E-state index in [0.717, 1.165) is 16.7 Å². The molecule has 7 nitrogen and oxygen atoms in total. The number of nitrogens with one attached hydrogen (secondary N) is 1. The van der Waals surface area contributed by atoms with Gasteiger partial charge in [-0.3, -0.25) is 9.52 Å². The van der Waals surface area contributed by atoms with E-state index >= 15 is 0 Å². The summed E-state index contributed by atoms with van der Waals surface area (Å²) in [6.07, 6.45) is 0. The SMILES string of the molecule is COc1ccc(CN(C)C(=O)c2ccc(Cl)c(S(=O)(=O)Nc3cccc(C)c3C)c2)cc1OC.